The second-order valence-corrected chi connectivity index (χ2v) is 2.36. The quantitative estimate of drug-likeness (QED) is 0.567. The number of rotatable bonds is 1. The summed E-state index contributed by atoms with van der Waals surface area (Å²) in [6.07, 6.45) is 3.30. The van der Waals surface area contributed by atoms with Crippen LogP contribution in [-0.2, 0) is 0 Å². The van der Waals surface area contributed by atoms with Crippen LogP contribution >= 0.6 is 0 Å². The van der Waals surface area contributed by atoms with E-state index in [1.165, 1.54) is 11.4 Å². The average molecular weight is 162 g/mol. The van der Waals surface area contributed by atoms with Gasteiger partial charge in [0.15, 0.2) is 5.78 Å². The molecule has 60 valence electrons. The molecule has 0 aromatic carbocycles. The van der Waals surface area contributed by atoms with Crippen molar-refractivity contribution in [2.75, 3.05) is 0 Å². The summed E-state index contributed by atoms with van der Waals surface area (Å²) in [7, 11) is 0. The van der Waals surface area contributed by atoms with Gasteiger partial charge in [-0.3, -0.25) is 4.79 Å². The third-order valence-electron chi connectivity index (χ3n) is 1.43. The maximum absolute atomic E-state index is 10.8. The lowest BCUT2D eigenvalue weighted by atomic mass is 10.4. The number of nitrogens with zero attached hydrogens (tertiary/aromatic N) is 4. The molecule has 2 rings (SSSR count). The Hall–Kier alpha value is -1.78. The molecule has 0 aliphatic carbocycles. The van der Waals surface area contributed by atoms with E-state index in [4.69, 9.17) is 0 Å². The van der Waals surface area contributed by atoms with E-state index in [-0.39, 0.29) is 11.6 Å². The standard InChI is InChI=1S/C7H6N4O/c1-5(12)6-9-7-8-3-2-4-11(7)10-6/h2-4H,1H3. The molecule has 2 aromatic heterocycles. The minimum Gasteiger partial charge on any atom is -0.291 e. The van der Waals surface area contributed by atoms with Gasteiger partial charge in [0.25, 0.3) is 5.78 Å². The average Bonchev–Trinajstić information content (AvgIpc) is 2.46. The smallest absolute Gasteiger partial charge is 0.252 e. The van der Waals surface area contributed by atoms with Crippen molar-refractivity contribution in [1.29, 1.82) is 0 Å². The lowest BCUT2D eigenvalue weighted by molar-refractivity contribution is 0.100. The Bertz CT molecular complexity index is 401. The van der Waals surface area contributed by atoms with Crippen molar-refractivity contribution >= 4 is 11.6 Å². The fraction of sp³-hybridized carbons (Fsp3) is 0.143. The Morgan fingerprint density at radius 3 is 3.08 bits per heavy atom. The summed E-state index contributed by atoms with van der Waals surface area (Å²) in [6.45, 7) is 1.43. The second-order valence-electron chi connectivity index (χ2n) is 2.36. The molecule has 0 saturated carbocycles. The van der Waals surface area contributed by atoms with Gasteiger partial charge in [0.1, 0.15) is 0 Å². The van der Waals surface area contributed by atoms with Crippen LogP contribution in [-0.4, -0.2) is 25.4 Å². The molecule has 0 aliphatic heterocycles. The highest BCUT2D eigenvalue weighted by atomic mass is 16.1. The Labute approximate surface area is 68.1 Å². The van der Waals surface area contributed by atoms with E-state index in [0.29, 0.717) is 5.78 Å². The normalized spacial score (nSPS) is 10.4. The van der Waals surface area contributed by atoms with Gasteiger partial charge >= 0.3 is 0 Å². The number of fused-ring (bicyclic) bond motifs is 1. The van der Waals surface area contributed by atoms with Crippen LogP contribution in [0.15, 0.2) is 18.5 Å². The van der Waals surface area contributed by atoms with Crippen molar-refractivity contribution in [2.24, 2.45) is 0 Å². The SMILES string of the molecule is CC(=O)c1nc2ncccn2n1. The topological polar surface area (TPSA) is 60.2 Å². The van der Waals surface area contributed by atoms with E-state index >= 15 is 0 Å². The van der Waals surface area contributed by atoms with Crippen molar-refractivity contribution in [3.63, 3.8) is 0 Å². The van der Waals surface area contributed by atoms with Gasteiger partial charge in [0, 0.05) is 19.3 Å². The van der Waals surface area contributed by atoms with Gasteiger partial charge in [0.2, 0.25) is 5.82 Å². The molecule has 0 saturated heterocycles. The lowest BCUT2D eigenvalue weighted by Crippen LogP contribution is -1.95. The molecular formula is C7H6N4O. The highest BCUT2D eigenvalue weighted by molar-refractivity contribution is 5.90. The maximum atomic E-state index is 10.8. The zero-order valence-electron chi connectivity index (χ0n) is 6.43. The Kier molecular flexibility index (Phi) is 1.36. The second kappa shape index (κ2) is 2.37. The molecule has 0 N–H and O–H groups in total. The van der Waals surface area contributed by atoms with Gasteiger partial charge in [-0.05, 0) is 6.07 Å². The summed E-state index contributed by atoms with van der Waals surface area (Å²) < 4.78 is 1.47. The molecule has 0 spiro atoms. The largest absolute Gasteiger partial charge is 0.291 e. The Morgan fingerprint density at radius 2 is 2.42 bits per heavy atom. The highest BCUT2D eigenvalue weighted by Crippen LogP contribution is 1.96. The first-order valence-corrected chi connectivity index (χ1v) is 3.46. The van der Waals surface area contributed by atoms with Crippen molar-refractivity contribution < 1.29 is 4.79 Å². The summed E-state index contributed by atoms with van der Waals surface area (Å²) in [5.41, 5.74) is 0. The fourth-order valence-electron chi connectivity index (χ4n) is 0.882. The van der Waals surface area contributed by atoms with Crippen LogP contribution in [0.1, 0.15) is 17.5 Å². The zero-order valence-corrected chi connectivity index (χ0v) is 6.43. The molecule has 2 aromatic rings. The molecule has 0 amide bonds. The summed E-state index contributed by atoms with van der Waals surface area (Å²) in [4.78, 5) is 18.7. The maximum Gasteiger partial charge on any atom is 0.252 e. The van der Waals surface area contributed by atoms with E-state index in [0.717, 1.165) is 0 Å². The van der Waals surface area contributed by atoms with E-state index < -0.39 is 0 Å². The van der Waals surface area contributed by atoms with Crippen LogP contribution < -0.4 is 0 Å². The molecule has 0 fully saturated rings. The van der Waals surface area contributed by atoms with Gasteiger partial charge in [-0.25, -0.2) is 9.50 Å². The van der Waals surface area contributed by atoms with Gasteiger partial charge in [-0.1, -0.05) is 0 Å². The third kappa shape index (κ3) is 0.952. The molecule has 0 aliphatic rings. The molecule has 12 heavy (non-hydrogen) atoms. The first-order chi connectivity index (χ1) is 5.77. The van der Waals surface area contributed by atoms with Gasteiger partial charge in [-0.15, -0.1) is 5.10 Å². The molecule has 0 bridgehead atoms. The molecule has 5 nitrogen and oxygen atoms in total. The number of aromatic nitrogens is 4. The first-order valence-electron chi connectivity index (χ1n) is 3.46. The predicted molar refractivity (Wildman–Crippen MR) is 40.8 cm³/mol. The van der Waals surface area contributed by atoms with Crippen molar-refractivity contribution in [3.8, 4) is 0 Å². The number of carbonyl (C=O) groups excluding carboxylic acids is 1. The minimum absolute atomic E-state index is 0.152. The highest BCUT2D eigenvalue weighted by Gasteiger charge is 2.06. The van der Waals surface area contributed by atoms with Crippen LogP contribution in [0.5, 0.6) is 0 Å². The Balaban J connectivity index is 2.70. The zero-order chi connectivity index (χ0) is 8.55. The molecule has 0 radical (unpaired) electrons. The molecule has 0 unspecified atom stereocenters. The number of Topliss-reactive ketones (excluding diaryl/α,β-unsaturated/α-hetero) is 1. The lowest BCUT2D eigenvalue weighted by Gasteiger charge is -1.83. The number of hydrogen-bond donors (Lipinski definition) is 0. The predicted octanol–water partition coefficient (Wildman–Crippen LogP) is 0.327. The van der Waals surface area contributed by atoms with Crippen LogP contribution in [0, 0.1) is 0 Å². The summed E-state index contributed by atoms with van der Waals surface area (Å²) in [5.74, 6) is 0.497. The number of hydrogen-bond acceptors (Lipinski definition) is 4. The van der Waals surface area contributed by atoms with Crippen molar-refractivity contribution in [2.45, 2.75) is 6.92 Å². The van der Waals surface area contributed by atoms with Crippen LogP contribution in [0.2, 0.25) is 0 Å². The van der Waals surface area contributed by atoms with Gasteiger partial charge < -0.3 is 0 Å². The number of ketones is 1. The van der Waals surface area contributed by atoms with Crippen LogP contribution in [0.4, 0.5) is 0 Å². The van der Waals surface area contributed by atoms with E-state index in [9.17, 15) is 4.79 Å². The summed E-state index contributed by atoms with van der Waals surface area (Å²) in [6, 6.07) is 1.73. The summed E-state index contributed by atoms with van der Waals surface area (Å²) in [5, 5.41) is 3.91. The Morgan fingerprint density at radius 1 is 1.58 bits per heavy atom. The van der Waals surface area contributed by atoms with Crippen LogP contribution in [0.3, 0.4) is 0 Å². The minimum atomic E-state index is -0.152. The monoisotopic (exact) mass is 162 g/mol. The van der Waals surface area contributed by atoms with E-state index in [1.807, 2.05) is 0 Å². The molecule has 2 heterocycles. The molecular weight excluding hydrogens is 156 g/mol. The van der Waals surface area contributed by atoms with Gasteiger partial charge in [0.05, 0.1) is 0 Å². The fourth-order valence-corrected chi connectivity index (χ4v) is 0.882. The van der Waals surface area contributed by atoms with E-state index in [1.54, 1.807) is 18.5 Å². The first kappa shape index (κ1) is 6.90. The van der Waals surface area contributed by atoms with E-state index in [2.05, 4.69) is 15.1 Å². The van der Waals surface area contributed by atoms with Crippen molar-refractivity contribution in [3.05, 3.63) is 24.3 Å². The third-order valence-corrected chi connectivity index (χ3v) is 1.43. The van der Waals surface area contributed by atoms with Crippen LogP contribution in [0.25, 0.3) is 5.78 Å². The van der Waals surface area contributed by atoms with Gasteiger partial charge in [-0.2, -0.15) is 4.98 Å². The number of carbonyl (C=O) groups is 1. The molecule has 0 atom stereocenters. The van der Waals surface area contributed by atoms with Crippen molar-refractivity contribution in [1.82, 2.24) is 19.6 Å². The summed E-state index contributed by atoms with van der Waals surface area (Å²) >= 11 is 0. The molecule has 5 heteroatoms.